The molecule has 2 aromatic rings. The highest BCUT2D eigenvalue weighted by molar-refractivity contribution is 7.14. The van der Waals surface area contributed by atoms with E-state index in [2.05, 4.69) is 12.2 Å². The van der Waals surface area contributed by atoms with Crippen LogP contribution in [0.2, 0.25) is 0 Å². The van der Waals surface area contributed by atoms with Crippen LogP contribution < -0.4 is 5.32 Å². The van der Waals surface area contributed by atoms with Gasteiger partial charge in [-0.15, -0.1) is 11.3 Å². The number of carbonyl (C=O) groups is 2. The number of carboxylic acid groups (broad SMARTS) is 1. The van der Waals surface area contributed by atoms with Gasteiger partial charge in [-0.1, -0.05) is 56.9 Å². The average molecular weight is 446 g/mol. The van der Waals surface area contributed by atoms with Crippen molar-refractivity contribution >= 4 is 23.2 Å². The van der Waals surface area contributed by atoms with Crippen molar-refractivity contribution in [3.05, 3.63) is 57.3 Å². The highest BCUT2D eigenvalue weighted by Gasteiger charge is 2.25. The minimum atomic E-state index is -0.959. The van der Waals surface area contributed by atoms with Gasteiger partial charge in [-0.25, -0.2) is 4.79 Å². The van der Waals surface area contributed by atoms with Gasteiger partial charge >= 0.3 is 5.97 Å². The summed E-state index contributed by atoms with van der Waals surface area (Å²) in [6.07, 6.45) is 5.56. The molecule has 1 aliphatic heterocycles. The summed E-state index contributed by atoms with van der Waals surface area (Å²) < 4.78 is 6.17. The molecule has 1 fully saturated rings. The van der Waals surface area contributed by atoms with Gasteiger partial charge in [-0.3, -0.25) is 4.79 Å². The fourth-order valence-corrected chi connectivity index (χ4v) is 4.71. The first kappa shape index (κ1) is 23.4. The van der Waals surface area contributed by atoms with Crippen molar-refractivity contribution in [3.8, 4) is 0 Å². The summed E-state index contributed by atoms with van der Waals surface area (Å²) in [6, 6.07) is 11.0. The summed E-state index contributed by atoms with van der Waals surface area (Å²) in [7, 11) is 0. The topological polar surface area (TPSA) is 95.9 Å². The highest BCUT2D eigenvalue weighted by atomic mass is 32.1. The molecule has 2 heterocycles. The smallest absolute Gasteiger partial charge is 0.345 e. The Morgan fingerprint density at radius 3 is 2.52 bits per heavy atom. The van der Waals surface area contributed by atoms with Crippen LogP contribution in [0.4, 0.5) is 0 Å². The quantitative estimate of drug-likeness (QED) is 0.407. The fourth-order valence-electron chi connectivity index (χ4n) is 3.79. The molecule has 3 atom stereocenters. The van der Waals surface area contributed by atoms with Crippen molar-refractivity contribution in [3.63, 3.8) is 0 Å². The van der Waals surface area contributed by atoms with Gasteiger partial charge in [0.05, 0.1) is 18.8 Å². The van der Waals surface area contributed by atoms with E-state index in [-0.39, 0.29) is 16.8 Å². The predicted molar refractivity (Wildman–Crippen MR) is 120 cm³/mol. The number of benzene rings is 1. The number of carbonyl (C=O) groups excluding carboxylic acids is 1. The van der Waals surface area contributed by atoms with Crippen LogP contribution >= 0.6 is 11.3 Å². The molecule has 1 aromatic carbocycles. The van der Waals surface area contributed by atoms with Crippen LogP contribution in [0, 0.1) is 0 Å². The van der Waals surface area contributed by atoms with Crippen molar-refractivity contribution in [2.75, 3.05) is 6.61 Å². The van der Waals surface area contributed by atoms with E-state index < -0.39 is 18.2 Å². The van der Waals surface area contributed by atoms with Crippen LogP contribution in [0.3, 0.4) is 0 Å². The number of carboxylic acids is 1. The molecule has 2 unspecified atom stereocenters. The Bertz CT molecular complexity index is 863. The monoisotopic (exact) mass is 445 g/mol. The van der Waals surface area contributed by atoms with Gasteiger partial charge in [-0.05, 0) is 36.1 Å². The number of hydrogen-bond acceptors (Lipinski definition) is 5. The molecule has 3 rings (SSSR count). The van der Waals surface area contributed by atoms with Crippen LogP contribution in [0.25, 0.3) is 0 Å². The SMILES string of the molecule is CCCCCCC(O)c1ccc([C@@H](OCC2CCC(=O)N2)c2ccc(C(=O)O)s2)cc1. The number of aromatic carboxylic acids is 1. The minimum Gasteiger partial charge on any atom is -0.477 e. The summed E-state index contributed by atoms with van der Waals surface area (Å²) in [4.78, 5) is 23.9. The van der Waals surface area contributed by atoms with E-state index in [0.717, 1.165) is 41.7 Å². The second-order valence-electron chi connectivity index (χ2n) is 8.06. The van der Waals surface area contributed by atoms with E-state index in [4.69, 9.17) is 4.74 Å². The Balaban J connectivity index is 1.71. The summed E-state index contributed by atoms with van der Waals surface area (Å²) >= 11 is 1.19. The van der Waals surface area contributed by atoms with Gasteiger partial charge in [-0.2, -0.15) is 0 Å². The second-order valence-corrected chi connectivity index (χ2v) is 9.17. The largest absolute Gasteiger partial charge is 0.477 e. The number of rotatable bonds is 12. The Morgan fingerprint density at radius 2 is 1.90 bits per heavy atom. The van der Waals surface area contributed by atoms with Gasteiger partial charge < -0.3 is 20.3 Å². The third-order valence-corrected chi connectivity index (χ3v) is 6.72. The lowest BCUT2D eigenvalue weighted by molar-refractivity contribution is -0.119. The molecule has 1 aliphatic rings. The van der Waals surface area contributed by atoms with Gasteiger partial charge in [0.1, 0.15) is 11.0 Å². The molecule has 3 N–H and O–H groups in total. The van der Waals surface area contributed by atoms with Crippen LogP contribution in [-0.4, -0.2) is 34.7 Å². The van der Waals surface area contributed by atoms with Crippen molar-refractivity contribution in [2.45, 2.75) is 70.1 Å². The number of nitrogens with one attached hydrogen (secondary N) is 1. The first-order chi connectivity index (χ1) is 15.0. The van der Waals surface area contributed by atoms with Crippen LogP contribution in [0.15, 0.2) is 36.4 Å². The summed E-state index contributed by atoms with van der Waals surface area (Å²) in [5.41, 5.74) is 1.77. The molecule has 1 amide bonds. The van der Waals surface area contributed by atoms with E-state index >= 15 is 0 Å². The van der Waals surface area contributed by atoms with Crippen molar-refractivity contribution in [1.82, 2.24) is 5.32 Å². The van der Waals surface area contributed by atoms with Crippen molar-refractivity contribution in [1.29, 1.82) is 0 Å². The standard InChI is InChI=1S/C24H31NO5S/c1-2-3-4-5-6-19(26)16-7-9-17(10-8-16)23(20-12-13-21(31-20)24(28)29)30-15-18-11-14-22(27)25-18/h7-10,12-13,18-19,23,26H,2-6,11,14-15H2,1H3,(H,25,27)(H,28,29)/t18?,19?,23-/m1/s1. The van der Waals surface area contributed by atoms with Gasteiger partial charge in [0.25, 0.3) is 0 Å². The van der Waals surface area contributed by atoms with Gasteiger partial charge in [0.2, 0.25) is 5.91 Å². The Kier molecular flexibility index (Phi) is 8.63. The lowest BCUT2D eigenvalue weighted by Crippen LogP contribution is -2.30. The zero-order chi connectivity index (χ0) is 22.2. The summed E-state index contributed by atoms with van der Waals surface area (Å²) in [5, 5.41) is 22.6. The third kappa shape index (κ3) is 6.63. The molecule has 0 radical (unpaired) electrons. The Hall–Kier alpha value is -2.22. The zero-order valence-corrected chi connectivity index (χ0v) is 18.7. The predicted octanol–water partition coefficient (Wildman–Crippen LogP) is 4.83. The number of thiophene rings is 1. The number of amides is 1. The third-order valence-electron chi connectivity index (χ3n) is 5.60. The van der Waals surface area contributed by atoms with Crippen LogP contribution in [0.1, 0.15) is 89.8 Å². The Labute approximate surface area is 187 Å². The van der Waals surface area contributed by atoms with E-state index in [0.29, 0.717) is 13.0 Å². The number of unbranched alkanes of at least 4 members (excludes halogenated alkanes) is 3. The van der Waals surface area contributed by atoms with E-state index in [1.54, 1.807) is 12.1 Å². The lowest BCUT2D eigenvalue weighted by atomic mass is 9.99. The molecular formula is C24H31NO5S. The minimum absolute atomic E-state index is 0.0295. The summed E-state index contributed by atoms with van der Waals surface area (Å²) in [5.74, 6) is -0.925. The maximum absolute atomic E-state index is 11.5. The first-order valence-corrected chi connectivity index (χ1v) is 11.8. The van der Waals surface area contributed by atoms with E-state index in [1.165, 1.54) is 24.2 Å². The van der Waals surface area contributed by atoms with E-state index in [9.17, 15) is 19.8 Å². The Morgan fingerprint density at radius 1 is 1.16 bits per heavy atom. The summed E-state index contributed by atoms with van der Waals surface area (Å²) in [6.45, 7) is 2.53. The number of aliphatic hydroxyl groups is 1. The molecule has 0 bridgehead atoms. The molecule has 6 nitrogen and oxygen atoms in total. The number of ether oxygens (including phenoxy) is 1. The molecular weight excluding hydrogens is 414 g/mol. The van der Waals surface area contributed by atoms with Crippen LogP contribution in [-0.2, 0) is 9.53 Å². The van der Waals surface area contributed by atoms with Crippen LogP contribution in [0.5, 0.6) is 0 Å². The number of hydrogen-bond donors (Lipinski definition) is 3. The molecule has 168 valence electrons. The zero-order valence-electron chi connectivity index (χ0n) is 17.9. The first-order valence-electron chi connectivity index (χ1n) is 11.0. The maximum Gasteiger partial charge on any atom is 0.345 e. The van der Waals surface area contributed by atoms with Crippen molar-refractivity contribution < 1.29 is 24.5 Å². The highest BCUT2D eigenvalue weighted by Crippen LogP contribution is 2.33. The molecule has 0 saturated carbocycles. The molecule has 1 aromatic heterocycles. The normalized spacial score (nSPS) is 18.0. The van der Waals surface area contributed by atoms with E-state index in [1.807, 2.05) is 24.3 Å². The molecule has 0 aliphatic carbocycles. The van der Waals surface area contributed by atoms with Gasteiger partial charge in [0.15, 0.2) is 0 Å². The molecule has 7 heteroatoms. The molecule has 0 spiro atoms. The lowest BCUT2D eigenvalue weighted by Gasteiger charge is -2.20. The molecule has 1 saturated heterocycles. The average Bonchev–Trinajstić information content (AvgIpc) is 3.41. The second kappa shape index (κ2) is 11.4. The maximum atomic E-state index is 11.5. The number of aliphatic hydroxyl groups excluding tert-OH is 1. The molecule has 31 heavy (non-hydrogen) atoms. The fraction of sp³-hybridized carbons (Fsp3) is 0.500. The van der Waals surface area contributed by atoms with Gasteiger partial charge in [0, 0.05) is 11.3 Å². The van der Waals surface area contributed by atoms with Crippen molar-refractivity contribution in [2.24, 2.45) is 0 Å².